The summed E-state index contributed by atoms with van der Waals surface area (Å²) in [4.78, 5) is 27.2. The highest BCUT2D eigenvalue weighted by atomic mass is 16.5. The van der Waals surface area contributed by atoms with E-state index in [4.69, 9.17) is 4.74 Å². The minimum absolute atomic E-state index is 0.0393. The van der Waals surface area contributed by atoms with E-state index in [1.807, 2.05) is 31.2 Å². The lowest BCUT2D eigenvalue weighted by Gasteiger charge is -2.18. The molecule has 1 fully saturated rings. The van der Waals surface area contributed by atoms with Gasteiger partial charge in [-0.25, -0.2) is 0 Å². The van der Waals surface area contributed by atoms with Gasteiger partial charge in [0.1, 0.15) is 5.69 Å². The molecule has 23 heavy (non-hydrogen) atoms. The van der Waals surface area contributed by atoms with Crippen LogP contribution in [0.5, 0.6) is 0 Å². The Kier molecular flexibility index (Phi) is 4.62. The summed E-state index contributed by atoms with van der Waals surface area (Å²) >= 11 is 0. The molecule has 0 spiro atoms. The number of benzene rings is 1. The van der Waals surface area contributed by atoms with Crippen molar-refractivity contribution >= 4 is 22.7 Å². The first-order valence-corrected chi connectivity index (χ1v) is 7.94. The van der Waals surface area contributed by atoms with Crippen molar-refractivity contribution in [1.82, 2.24) is 15.6 Å². The van der Waals surface area contributed by atoms with Gasteiger partial charge in [-0.2, -0.15) is 0 Å². The van der Waals surface area contributed by atoms with E-state index in [-0.39, 0.29) is 30.5 Å². The SMILES string of the molecule is CC[C@@H]1OCC[C@H]1NC(=O)CNC(=O)c1cc2ccccc2[nH]1. The van der Waals surface area contributed by atoms with Crippen molar-refractivity contribution < 1.29 is 14.3 Å². The van der Waals surface area contributed by atoms with Crippen molar-refractivity contribution in [3.05, 3.63) is 36.0 Å². The number of hydrogen-bond acceptors (Lipinski definition) is 3. The number of amides is 2. The number of aromatic nitrogens is 1. The zero-order chi connectivity index (χ0) is 16.2. The summed E-state index contributed by atoms with van der Waals surface area (Å²) < 4.78 is 5.54. The third-order valence-corrected chi connectivity index (χ3v) is 4.14. The number of H-pyrrole nitrogens is 1. The number of carbonyl (C=O) groups excluding carboxylic acids is 2. The van der Waals surface area contributed by atoms with Gasteiger partial charge in [0.25, 0.3) is 5.91 Å². The topological polar surface area (TPSA) is 83.2 Å². The predicted octanol–water partition coefficient (Wildman–Crippen LogP) is 1.58. The van der Waals surface area contributed by atoms with Crippen molar-refractivity contribution in [3.63, 3.8) is 0 Å². The maximum Gasteiger partial charge on any atom is 0.268 e. The van der Waals surface area contributed by atoms with Crippen molar-refractivity contribution in [2.75, 3.05) is 13.2 Å². The third kappa shape index (κ3) is 3.53. The van der Waals surface area contributed by atoms with Crippen LogP contribution in [0.3, 0.4) is 0 Å². The Morgan fingerprint density at radius 2 is 2.17 bits per heavy atom. The van der Waals surface area contributed by atoms with Crippen LogP contribution in [-0.4, -0.2) is 42.1 Å². The van der Waals surface area contributed by atoms with Crippen LogP contribution in [0.15, 0.2) is 30.3 Å². The highest BCUT2D eigenvalue weighted by Crippen LogP contribution is 2.16. The summed E-state index contributed by atoms with van der Waals surface area (Å²) in [5.41, 5.74) is 1.35. The van der Waals surface area contributed by atoms with Crippen LogP contribution in [0, 0.1) is 0 Å². The van der Waals surface area contributed by atoms with Crippen molar-refractivity contribution in [1.29, 1.82) is 0 Å². The van der Waals surface area contributed by atoms with E-state index in [0.29, 0.717) is 12.3 Å². The lowest BCUT2D eigenvalue weighted by molar-refractivity contribution is -0.121. The highest BCUT2D eigenvalue weighted by Gasteiger charge is 2.27. The van der Waals surface area contributed by atoms with Gasteiger partial charge >= 0.3 is 0 Å². The molecule has 0 bridgehead atoms. The molecule has 0 aliphatic carbocycles. The van der Waals surface area contributed by atoms with Crippen LogP contribution >= 0.6 is 0 Å². The molecule has 1 aromatic heterocycles. The van der Waals surface area contributed by atoms with E-state index in [9.17, 15) is 9.59 Å². The molecule has 1 aliphatic rings. The quantitative estimate of drug-likeness (QED) is 0.783. The monoisotopic (exact) mass is 315 g/mol. The number of aromatic amines is 1. The van der Waals surface area contributed by atoms with Crippen molar-refractivity contribution in [2.24, 2.45) is 0 Å². The molecule has 1 saturated heterocycles. The average Bonchev–Trinajstić information content (AvgIpc) is 3.18. The van der Waals surface area contributed by atoms with E-state index in [1.165, 1.54) is 0 Å². The van der Waals surface area contributed by atoms with Gasteiger partial charge in [-0.15, -0.1) is 0 Å². The molecule has 2 aromatic rings. The molecule has 0 saturated carbocycles. The zero-order valence-corrected chi connectivity index (χ0v) is 13.1. The minimum Gasteiger partial charge on any atom is -0.376 e. The molecule has 1 aromatic carbocycles. The van der Waals surface area contributed by atoms with Crippen LogP contribution in [-0.2, 0) is 9.53 Å². The Hall–Kier alpha value is -2.34. The van der Waals surface area contributed by atoms with Crippen molar-refractivity contribution in [3.8, 4) is 0 Å². The number of para-hydroxylation sites is 1. The molecule has 2 atom stereocenters. The lowest BCUT2D eigenvalue weighted by Crippen LogP contribution is -2.45. The molecule has 2 heterocycles. The molecule has 6 nitrogen and oxygen atoms in total. The number of fused-ring (bicyclic) bond motifs is 1. The largest absolute Gasteiger partial charge is 0.376 e. The van der Waals surface area contributed by atoms with E-state index in [0.717, 1.165) is 23.7 Å². The van der Waals surface area contributed by atoms with E-state index in [1.54, 1.807) is 6.07 Å². The first-order valence-electron chi connectivity index (χ1n) is 7.94. The highest BCUT2D eigenvalue weighted by molar-refractivity contribution is 5.99. The normalized spacial score (nSPS) is 20.6. The fourth-order valence-electron chi connectivity index (χ4n) is 2.93. The lowest BCUT2D eigenvalue weighted by atomic mass is 10.1. The van der Waals surface area contributed by atoms with Crippen LogP contribution in [0.1, 0.15) is 30.3 Å². The van der Waals surface area contributed by atoms with E-state index >= 15 is 0 Å². The Morgan fingerprint density at radius 3 is 2.96 bits per heavy atom. The van der Waals surface area contributed by atoms with Gasteiger partial charge in [-0.3, -0.25) is 9.59 Å². The molecule has 122 valence electrons. The molecule has 6 heteroatoms. The molecular formula is C17H21N3O3. The summed E-state index contributed by atoms with van der Waals surface area (Å²) in [6, 6.07) is 9.48. The maximum absolute atomic E-state index is 12.1. The number of hydrogen-bond donors (Lipinski definition) is 3. The average molecular weight is 315 g/mol. The minimum atomic E-state index is -0.286. The van der Waals surface area contributed by atoms with Gasteiger partial charge in [-0.05, 0) is 25.0 Å². The second kappa shape index (κ2) is 6.83. The number of rotatable bonds is 5. The second-order valence-corrected chi connectivity index (χ2v) is 5.73. The summed E-state index contributed by atoms with van der Waals surface area (Å²) in [6.45, 7) is 2.67. The molecule has 0 radical (unpaired) electrons. The molecular weight excluding hydrogens is 294 g/mol. The fourth-order valence-corrected chi connectivity index (χ4v) is 2.93. The van der Waals surface area contributed by atoms with Crippen LogP contribution in [0.2, 0.25) is 0 Å². The molecule has 3 N–H and O–H groups in total. The van der Waals surface area contributed by atoms with Crippen molar-refractivity contribution in [2.45, 2.75) is 31.9 Å². The summed E-state index contributed by atoms with van der Waals surface area (Å²) in [6.07, 6.45) is 1.76. The first kappa shape index (κ1) is 15.6. The van der Waals surface area contributed by atoms with Gasteiger partial charge < -0.3 is 20.4 Å². The maximum atomic E-state index is 12.1. The Balaban J connectivity index is 1.53. The Labute approximate surface area is 134 Å². The molecule has 3 rings (SSSR count). The van der Waals surface area contributed by atoms with Gasteiger partial charge in [-0.1, -0.05) is 25.1 Å². The number of ether oxygens (including phenoxy) is 1. The fraction of sp³-hybridized carbons (Fsp3) is 0.412. The molecule has 2 amide bonds. The van der Waals surface area contributed by atoms with E-state index in [2.05, 4.69) is 15.6 Å². The van der Waals surface area contributed by atoms with Crippen LogP contribution in [0.25, 0.3) is 10.9 Å². The second-order valence-electron chi connectivity index (χ2n) is 5.73. The Morgan fingerprint density at radius 1 is 1.35 bits per heavy atom. The first-order chi connectivity index (χ1) is 11.2. The summed E-state index contributed by atoms with van der Waals surface area (Å²) in [5.74, 6) is -0.477. The standard InChI is InChI=1S/C17H21N3O3/c1-2-15-13(7-8-23-15)20-16(21)10-18-17(22)14-9-11-5-3-4-6-12(11)19-14/h3-6,9,13,15,19H,2,7-8,10H2,1H3,(H,18,22)(H,20,21)/t13-,15+/m1/s1. The van der Waals surface area contributed by atoms with E-state index < -0.39 is 0 Å². The zero-order valence-electron chi connectivity index (χ0n) is 13.1. The Bertz CT molecular complexity index is 677. The number of carbonyl (C=O) groups is 2. The number of nitrogens with one attached hydrogen (secondary N) is 3. The predicted molar refractivity (Wildman–Crippen MR) is 87.2 cm³/mol. The van der Waals surface area contributed by atoms with Gasteiger partial charge in [0.15, 0.2) is 0 Å². The van der Waals surface area contributed by atoms with Crippen LogP contribution in [0.4, 0.5) is 0 Å². The smallest absolute Gasteiger partial charge is 0.268 e. The summed E-state index contributed by atoms with van der Waals surface area (Å²) in [5, 5.41) is 6.54. The van der Waals surface area contributed by atoms with Gasteiger partial charge in [0, 0.05) is 17.5 Å². The van der Waals surface area contributed by atoms with Crippen LogP contribution < -0.4 is 10.6 Å². The third-order valence-electron chi connectivity index (χ3n) is 4.14. The van der Waals surface area contributed by atoms with Gasteiger partial charge in [0.05, 0.1) is 18.7 Å². The molecule has 0 unspecified atom stereocenters. The molecule has 1 aliphatic heterocycles. The summed E-state index contributed by atoms with van der Waals surface area (Å²) in [7, 11) is 0. The van der Waals surface area contributed by atoms with Gasteiger partial charge in [0.2, 0.25) is 5.91 Å².